The molecule has 1 aliphatic rings. The van der Waals surface area contributed by atoms with E-state index in [4.69, 9.17) is 14.2 Å². The predicted molar refractivity (Wildman–Crippen MR) is 70.6 cm³/mol. The lowest BCUT2D eigenvalue weighted by Gasteiger charge is -2.25. The highest BCUT2D eigenvalue weighted by atomic mass is 16.6. The van der Waals surface area contributed by atoms with Crippen molar-refractivity contribution in [3.63, 3.8) is 0 Å². The molecule has 0 fully saturated rings. The molecule has 0 aliphatic carbocycles. The number of hydrogen-bond donors (Lipinski definition) is 1. The van der Waals surface area contributed by atoms with Gasteiger partial charge in [-0.05, 0) is 32.9 Å². The fourth-order valence-corrected chi connectivity index (χ4v) is 2.10. The van der Waals surface area contributed by atoms with Gasteiger partial charge in [0.25, 0.3) is 0 Å². The lowest BCUT2D eigenvalue weighted by Crippen LogP contribution is -2.38. The first-order valence-electron chi connectivity index (χ1n) is 6.11. The van der Waals surface area contributed by atoms with Gasteiger partial charge in [0.1, 0.15) is 5.56 Å². The lowest BCUT2D eigenvalue weighted by molar-refractivity contribution is 0.0240. The third-order valence-corrected chi connectivity index (χ3v) is 2.85. The van der Waals surface area contributed by atoms with E-state index in [0.29, 0.717) is 17.1 Å². The number of nitrogens with one attached hydrogen (secondary N) is 1. The minimum atomic E-state index is -0.456. The van der Waals surface area contributed by atoms with E-state index in [1.54, 1.807) is 6.07 Å². The highest BCUT2D eigenvalue weighted by molar-refractivity contribution is 5.98. The number of rotatable bonds is 3. The van der Waals surface area contributed by atoms with Crippen molar-refractivity contribution in [3.05, 3.63) is 23.3 Å². The standard InChI is InChI=1S/C14H19NO4/c1-14(2,3)15-12-8-6-7-9(17-4)11(18-5)10(8)13(16)19-12/h6-7,12,15H,1-5H3. The molecule has 0 saturated heterocycles. The van der Waals surface area contributed by atoms with Gasteiger partial charge < -0.3 is 14.2 Å². The Kier molecular flexibility index (Phi) is 3.41. The summed E-state index contributed by atoms with van der Waals surface area (Å²) in [5.41, 5.74) is 1.04. The molecule has 5 heteroatoms. The van der Waals surface area contributed by atoms with Crippen LogP contribution in [-0.2, 0) is 4.74 Å². The fraction of sp³-hybridized carbons (Fsp3) is 0.500. The maximum Gasteiger partial charge on any atom is 0.344 e. The van der Waals surface area contributed by atoms with Crippen LogP contribution in [0.2, 0.25) is 0 Å². The third kappa shape index (κ3) is 2.51. The van der Waals surface area contributed by atoms with Gasteiger partial charge in [-0.3, -0.25) is 5.32 Å². The van der Waals surface area contributed by atoms with Crippen molar-refractivity contribution < 1.29 is 19.0 Å². The number of esters is 1. The zero-order valence-electron chi connectivity index (χ0n) is 11.9. The molecule has 2 rings (SSSR count). The van der Waals surface area contributed by atoms with Gasteiger partial charge in [-0.1, -0.05) is 0 Å². The summed E-state index contributed by atoms with van der Waals surface area (Å²) < 4.78 is 15.8. The maximum atomic E-state index is 12.0. The second-order valence-corrected chi connectivity index (χ2v) is 5.44. The first-order valence-corrected chi connectivity index (χ1v) is 6.11. The van der Waals surface area contributed by atoms with Crippen LogP contribution in [0.25, 0.3) is 0 Å². The van der Waals surface area contributed by atoms with Gasteiger partial charge in [-0.15, -0.1) is 0 Å². The molecule has 0 amide bonds. The molecular formula is C14H19NO4. The summed E-state index contributed by atoms with van der Waals surface area (Å²) in [5, 5.41) is 3.25. The molecule has 0 spiro atoms. The predicted octanol–water partition coefficient (Wildman–Crippen LogP) is 2.26. The molecule has 0 aromatic heterocycles. The molecule has 1 heterocycles. The van der Waals surface area contributed by atoms with Gasteiger partial charge in [0.15, 0.2) is 17.7 Å². The number of cyclic esters (lactones) is 1. The number of fused-ring (bicyclic) bond motifs is 1. The van der Waals surface area contributed by atoms with E-state index in [1.165, 1.54) is 14.2 Å². The molecule has 1 N–H and O–H groups in total. The van der Waals surface area contributed by atoms with Crippen LogP contribution >= 0.6 is 0 Å². The third-order valence-electron chi connectivity index (χ3n) is 2.85. The first kappa shape index (κ1) is 13.7. The highest BCUT2D eigenvalue weighted by Crippen LogP contribution is 2.41. The number of hydrogen-bond acceptors (Lipinski definition) is 5. The van der Waals surface area contributed by atoms with Gasteiger partial charge in [0.2, 0.25) is 0 Å². The molecular weight excluding hydrogens is 246 g/mol. The van der Waals surface area contributed by atoms with E-state index in [1.807, 2.05) is 26.8 Å². The Morgan fingerprint density at radius 2 is 1.89 bits per heavy atom. The van der Waals surface area contributed by atoms with Gasteiger partial charge in [0, 0.05) is 11.1 Å². The Morgan fingerprint density at radius 1 is 1.21 bits per heavy atom. The lowest BCUT2D eigenvalue weighted by atomic mass is 10.0. The fourth-order valence-electron chi connectivity index (χ4n) is 2.10. The normalized spacial score (nSPS) is 17.9. The summed E-state index contributed by atoms with van der Waals surface area (Å²) in [4.78, 5) is 12.0. The Balaban J connectivity index is 2.46. The average Bonchev–Trinajstić information content (AvgIpc) is 2.63. The molecule has 1 aromatic carbocycles. The number of methoxy groups -OCH3 is 2. The van der Waals surface area contributed by atoms with Crippen molar-refractivity contribution in [3.8, 4) is 11.5 Å². The average molecular weight is 265 g/mol. The SMILES string of the molecule is COc1ccc2c(c1OC)C(=O)OC2NC(C)(C)C. The van der Waals surface area contributed by atoms with Crippen molar-refractivity contribution in [2.75, 3.05) is 14.2 Å². The summed E-state index contributed by atoms with van der Waals surface area (Å²) in [6, 6.07) is 3.60. The minimum absolute atomic E-state index is 0.167. The second kappa shape index (κ2) is 4.74. The van der Waals surface area contributed by atoms with E-state index in [9.17, 15) is 4.79 Å². The summed E-state index contributed by atoms with van der Waals surface area (Å²) in [5.74, 6) is 0.547. The Bertz CT molecular complexity index is 505. The van der Waals surface area contributed by atoms with Crippen LogP contribution in [0.4, 0.5) is 0 Å². The second-order valence-electron chi connectivity index (χ2n) is 5.44. The van der Waals surface area contributed by atoms with Crippen molar-refractivity contribution in [2.24, 2.45) is 0 Å². The number of carbonyl (C=O) groups is 1. The zero-order chi connectivity index (χ0) is 14.2. The highest BCUT2D eigenvalue weighted by Gasteiger charge is 2.37. The van der Waals surface area contributed by atoms with E-state index in [2.05, 4.69) is 5.32 Å². The van der Waals surface area contributed by atoms with Crippen LogP contribution in [0.5, 0.6) is 11.5 Å². The molecule has 0 saturated carbocycles. The molecule has 1 aromatic rings. The monoisotopic (exact) mass is 265 g/mol. The quantitative estimate of drug-likeness (QED) is 0.850. The van der Waals surface area contributed by atoms with Crippen LogP contribution in [0.15, 0.2) is 12.1 Å². The molecule has 1 aliphatic heterocycles. The number of carbonyl (C=O) groups excluding carboxylic acids is 1. The summed E-state index contributed by atoms with van der Waals surface area (Å²) in [6.07, 6.45) is -0.456. The summed E-state index contributed by atoms with van der Waals surface area (Å²) >= 11 is 0. The van der Waals surface area contributed by atoms with Crippen LogP contribution in [-0.4, -0.2) is 25.7 Å². The van der Waals surface area contributed by atoms with Crippen molar-refractivity contribution in [1.29, 1.82) is 0 Å². The smallest absolute Gasteiger partial charge is 0.344 e. The molecule has 0 radical (unpaired) electrons. The van der Waals surface area contributed by atoms with Crippen molar-refractivity contribution >= 4 is 5.97 Å². The summed E-state index contributed by atoms with van der Waals surface area (Å²) in [7, 11) is 3.05. The topological polar surface area (TPSA) is 56.8 Å². The van der Waals surface area contributed by atoms with E-state index in [-0.39, 0.29) is 5.54 Å². The van der Waals surface area contributed by atoms with Crippen molar-refractivity contribution in [2.45, 2.75) is 32.5 Å². The molecule has 0 bridgehead atoms. The van der Waals surface area contributed by atoms with Crippen LogP contribution in [0.3, 0.4) is 0 Å². The van der Waals surface area contributed by atoms with Crippen LogP contribution in [0.1, 0.15) is 42.9 Å². The van der Waals surface area contributed by atoms with E-state index in [0.717, 1.165) is 5.56 Å². The van der Waals surface area contributed by atoms with E-state index < -0.39 is 12.2 Å². The Labute approximate surface area is 112 Å². The first-order chi connectivity index (χ1) is 8.87. The number of benzene rings is 1. The molecule has 104 valence electrons. The molecule has 1 atom stereocenters. The van der Waals surface area contributed by atoms with Gasteiger partial charge >= 0.3 is 5.97 Å². The van der Waals surface area contributed by atoms with Gasteiger partial charge in [0.05, 0.1) is 14.2 Å². The van der Waals surface area contributed by atoms with Gasteiger partial charge in [-0.2, -0.15) is 0 Å². The number of ether oxygens (including phenoxy) is 3. The molecule has 19 heavy (non-hydrogen) atoms. The van der Waals surface area contributed by atoms with Crippen LogP contribution in [0, 0.1) is 0 Å². The Hall–Kier alpha value is -1.75. The van der Waals surface area contributed by atoms with Gasteiger partial charge in [-0.25, -0.2) is 4.79 Å². The van der Waals surface area contributed by atoms with Crippen molar-refractivity contribution in [1.82, 2.24) is 5.32 Å². The van der Waals surface area contributed by atoms with E-state index >= 15 is 0 Å². The van der Waals surface area contributed by atoms with Crippen LogP contribution < -0.4 is 14.8 Å². The molecule has 1 unspecified atom stereocenters. The Morgan fingerprint density at radius 3 is 2.42 bits per heavy atom. The molecule has 5 nitrogen and oxygen atoms in total. The zero-order valence-corrected chi connectivity index (χ0v) is 11.9. The largest absolute Gasteiger partial charge is 0.493 e. The summed E-state index contributed by atoms with van der Waals surface area (Å²) in [6.45, 7) is 6.04. The minimum Gasteiger partial charge on any atom is -0.493 e. The maximum absolute atomic E-state index is 12.0.